The molecule has 2 aromatic heterocycles. The molecule has 0 radical (unpaired) electrons. The van der Waals surface area contributed by atoms with Crippen LogP contribution >= 0.6 is 11.8 Å². The van der Waals surface area contributed by atoms with Crippen molar-refractivity contribution in [2.24, 2.45) is 0 Å². The van der Waals surface area contributed by atoms with Crippen LogP contribution in [0.4, 0.5) is 18.9 Å². The molecule has 0 saturated carbocycles. The molecule has 4 aromatic rings. The number of rotatable bonds is 4. The van der Waals surface area contributed by atoms with Crippen LogP contribution in [0, 0.1) is 6.92 Å². The monoisotopic (exact) mass is 485 g/mol. The minimum absolute atomic E-state index is 0.161. The first-order valence-electron chi connectivity index (χ1n) is 10.4. The van der Waals surface area contributed by atoms with Crippen molar-refractivity contribution in [3.63, 3.8) is 0 Å². The van der Waals surface area contributed by atoms with Crippen LogP contribution in [-0.2, 0) is 11.0 Å². The topological polar surface area (TPSA) is 81.8 Å². The van der Waals surface area contributed by atoms with Gasteiger partial charge in [0.25, 0.3) is 5.56 Å². The van der Waals surface area contributed by atoms with Gasteiger partial charge in [0, 0.05) is 12.2 Å². The maximum atomic E-state index is 13.2. The van der Waals surface area contributed by atoms with Crippen LogP contribution in [-0.4, -0.2) is 31.0 Å². The van der Waals surface area contributed by atoms with Gasteiger partial charge < -0.3 is 5.32 Å². The molecular formula is C23H18F3N5O2S. The number of carbonyl (C=O) groups excluding carboxylic acids is 1. The summed E-state index contributed by atoms with van der Waals surface area (Å²) in [5, 5.41) is 7.41. The Hall–Kier alpha value is -3.60. The number of hydrogen-bond acceptors (Lipinski definition) is 5. The van der Waals surface area contributed by atoms with E-state index in [2.05, 4.69) is 15.4 Å². The van der Waals surface area contributed by atoms with Crippen LogP contribution < -0.4 is 10.9 Å². The van der Waals surface area contributed by atoms with E-state index in [1.54, 1.807) is 4.68 Å². The second-order valence-electron chi connectivity index (χ2n) is 7.96. The number of aryl methyl sites for hydroxylation is 1. The van der Waals surface area contributed by atoms with Crippen molar-refractivity contribution in [3.05, 3.63) is 76.2 Å². The van der Waals surface area contributed by atoms with Crippen molar-refractivity contribution in [3.8, 4) is 5.69 Å². The second-order valence-corrected chi connectivity index (χ2v) is 8.95. The van der Waals surface area contributed by atoms with Gasteiger partial charge in [0.2, 0.25) is 5.91 Å². The average Bonchev–Trinajstić information content (AvgIpc) is 3.39. The van der Waals surface area contributed by atoms with Crippen LogP contribution in [0.25, 0.3) is 16.7 Å². The Morgan fingerprint density at radius 3 is 2.65 bits per heavy atom. The predicted molar refractivity (Wildman–Crippen MR) is 122 cm³/mol. The molecule has 7 nitrogen and oxygen atoms in total. The summed E-state index contributed by atoms with van der Waals surface area (Å²) in [5.74, 6) is -0.210. The smallest absolute Gasteiger partial charge is 0.325 e. The maximum absolute atomic E-state index is 13.2. The van der Waals surface area contributed by atoms with Crippen molar-refractivity contribution < 1.29 is 18.0 Å². The van der Waals surface area contributed by atoms with Gasteiger partial charge in [-0.15, -0.1) is 0 Å². The molecule has 3 heterocycles. The normalized spacial score (nSPS) is 15.5. The highest BCUT2D eigenvalue weighted by molar-refractivity contribution is 7.99. The summed E-state index contributed by atoms with van der Waals surface area (Å²) in [6.45, 7) is 1.97. The lowest BCUT2D eigenvalue weighted by molar-refractivity contribution is -0.137. The predicted octanol–water partition coefficient (Wildman–Crippen LogP) is 4.59. The standard InChI is InChI=1S/C23H18F3N5O2S/c1-13-6-8-14(9-7-13)31-20-16(11-27-31)21(33)30-15(12-34-22(30)29-20)10-19(32)28-18-5-3-2-4-17(18)23(24,25)26/h2-9,11,15H,10,12H2,1H3,(H,28,32). The fourth-order valence-electron chi connectivity index (χ4n) is 3.91. The van der Waals surface area contributed by atoms with E-state index >= 15 is 0 Å². The molecule has 1 unspecified atom stereocenters. The van der Waals surface area contributed by atoms with E-state index in [9.17, 15) is 22.8 Å². The highest BCUT2D eigenvalue weighted by atomic mass is 32.2. The van der Waals surface area contributed by atoms with Gasteiger partial charge in [-0.25, -0.2) is 9.67 Å². The molecule has 0 bridgehead atoms. The third-order valence-corrected chi connectivity index (χ3v) is 6.67. The van der Waals surface area contributed by atoms with Crippen molar-refractivity contribution in [1.29, 1.82) is 0 Å². The molecule has 1 aliphatic heterocycles. The molecular weight excluding hydrogens is 467 g/mol. The summed E-state index contributed by atoms with van der Waals surface area (Å²) in [4.78, 5) is 30.4. The minimum atomic E-state index is -4.59. The highest BCUT2D eigenvalue weighted by Crippen LogP contribution is 2.36. The Morgan fingerprint density at radius 1 is 1.18 bits per heavy atom. The fourth-order valence-corrected chi connectivity index (χ4v) is 5.04. The molecule has 5 rings (SSSR count). The molecule has 1 amide bonds. The van der Waals surface area contributed by atoms with Gasteiger partial charge in [-0.3, -0.25) is 14.2 Å². The first kappa shape index (κ1) is 22.2. The molecule has 0 saturated heterocycles. The third kappa shape index (κ3) is 3.96. The lowest BCUT2D eigenvalue weighted by atomic mass is 10.1. The summed E-state index contributed by atoms with van der Waals surface area (Å²) in [6.07, 6.45) is -3.31. The number of carbonyl (C=O) groups is 1. The number of alkyl halides is 3. The Balaban J connectivity index is 1.43. The fraction of sp³-hybridized carbons (Fsp3) is 0.217. The SMILES string of the molecule is Cc1ccc(-n2ncc3c(=O)n4c(nc32)SCC4CC(=O)Nc2ccccc2C(F)(F)F)cc1. The third-order valence-electron chi connectivity index (χ3n) is 5.58. The summed E-state index contributed by atoms with van der Waals surface area (Å²) in [6, 6.07) is 11.9. The lowest BCUT2D eigenvalue weighted by Crippen LogP contribution is -2.28. The van der Waals surface area contributed by atoms with Gasteiger partial charge in [0.1, 0.15) is 5.39 Å². The lowest BCUT2D eigenvalue weighted by Gasteiger charge is -2.16. The van der Waals surface area contributed by atoms with Crippen LogP contribution in [0.3, 0.4) is 0 Å². The molecule has 1 N–H and O–H groups in total. The number of fused-ring (bicyclic) bond motifs is 2. The van der Waals surface area contributed by atoms with Gasteiger partial charge >= 0.3 is 6.18 Å². The van der Waals surface area contributed by atoms with Crippen LogP contribution in [0.5, 0.6) is 0 Å². The molecule has 174 valence electrons. The van der Waals surface area contributed by atoms with Gasteiger partial charge in [-0.05, 0) is 31.2 Å². The van der Waals surface area contributed by atoms with Gasteiger partial charge in [0.05, 0.1) is 29.2 Å². The average molecular weight is 485 g/mol. The minimum Gasteiger partial charge on any atom is -0.325 e. The number of anilines is 1. The van der Waals surface area contributed by atoms with Gasteiger partial charge in [0.15, 0.2) is 10.8 Å². The maximum Gasteiger partial charge on any atom is 0.418 e. The van der Waals surface area contributed by atoms with E-state index in [4.69, 9.17) is 0 Å². The molecule has 0 spiro atoms. The zero-order chi connectivity index (χ0) is 24.0. The molecule has 34 heavy (non-hydrogen) atoms. The quantitative estimate of drug-likeness (QED) is 0.428. The van der Waals surface area contributed by atoms with Crippen LogP contribution in [0.2, 0.25) is 0 Å². The molecule has 1 atom stereocenters. The number of aromatic nitrogens is 4. The van der Waals surface area contributed by atoms with Crippen molar-refractivity contribution in [1.82, 2.24) is 19.3 Å². The summed E-state index contributed by atoms with van der Waals surface area (Å²) < 4.78 is 42.7. The number of nitrogens with one attached hydrogen (secondary N) is 1. The largest absolute Gasteiger partial charge is 0.418 e. The number of thioether (sulfide) groups is 1. The Morgan fingerprint density at radius 2 is 1.91 bits per heavy atom. The van der Waals surface area contributed by atoms with Crippen molar-refractivity contribution in [2.45, 2.75) is 30.7 Å². The number of halogens is 3. The zero-order valence-corrected chi connectivity index (χ0v) is 18.7. The number of benzene rings is 2. The summed E-state index contributed by atoms with van der Waals surface area (Å²) in [7, 11) is 0. The number of hydrogen-bond donors (Lipinski definition) is 1. The summed E-state index contributed by atoms with van der Waals surface area (Å²) >= 11 is 1.32. The van der Waals surface area contributed by atoms with Crippen LogP contribution in [0.1, 0.15) is 23.6 Å². The number of para-hydroxylation sites is 1. The first-order valence-corrected chi connectivity index (χ1v) is 11.4. The Kier molecular flexibility index (Phi) is 5.43. The van der Waals surface area contributed by atoms with E-state index in [-0.39, 0.29) is 17.7 Å². The van der Waals surface area contributed by atoms with Crippen LogP contribution in [0.15, 0.2) is 64.7 Å². The Bertz CT molecular complexity index is 1460. The Labute approximate surface area is 195 Å². The van der Waals surface area contributed by atoms with Crippen molar-refractivity contribution >= 4 is 34.4 Å². The second kappa shape index (κ2) is 8.32. The molecule has 0 fully saturated rings. The highest BCUT2D eigenvalue weighted by Gasteiger charge is 2.34. The van der Waals surface area contributed by atoms with E-state index in [0.29, 0.717) is 21.9 Å². The van der Waals surface area contributed by atoms with E-state index in [1.807, 2.05) is 31.2 Å². The molecule has 11 heteroatoms. The van der Waals surface area contributed by atoms with E-state index < -0.39 is 23.7 Å². The van der Waals surface area contributed by atoms with Gasteiger partial charge in [-0.2, -0.15) is 18.3 Å². The number of nitrogens with zero attached hydrogens (tertiary/aromatic N) is 4. The van der Waals surface area contributed by atoms with Crippen molar-refractivity contribution in [2.75, 3.05) is 11.1 Å². The van der Waals surface area contributed by atoms with E-state index in [1.165, 1.54) is 40.7 Å². The molecule has 0 aliphatic carbocycles. The van der Waals surface area contributed by atoms with Gasteiger partial charge in [-0.1, -0.05) is 41.6 Å². The van der Waals surface area contributed by atoms with E-state index in [0.717, 1.165) is 17.3 Å². The number of amides is 1. The molecule has 2 aromatic carbocycles. The summed E-state index contributed by atoms with van der Waals surface area (Å²) in [5.41, 5.74) is 0.691. The molecule has 1 aliphatic rings. The zero-order valence-electron chi connectivity index (χ0n) is 17.8. The first-order chi connectivity index (χ1) is 16.2.